The molecule has 0 spiro atoms. The molecule has 0 radical (unpaired) electrons. The maximum atomic E-state index is 13.2. The first-order valence-electron chi connectivity index (χ1n) is 10.4. The zero-order valence-electron chi connectivity index (χ0n) is 18.6. The monoisotopic (exact) mass is 411 g/mol. The molecule has 1 atom stereocenters. The van der Waals surface area contributed by atoms with Crippen molar-refractivity contribution in [2.75, 3.05) is 18.4 Å². The fourth-order valence-corrected chi connectivity index (χ4v) is 3.21. The molecule has 0 aromatic heterocycles. The van der Waals surface area contributed by atoms with Crippen molar-refractivity contribution in [3.63, 3.8) is 0 Å². The van der Waals surface area contributed by atoms with E-state index in [0.717, 1.165) is 24.2 Å². The van der Waals surface area contributed by atoms with Gasteiger partial charge in [0.25, 0.3) is 0 Å². The number of anilines is 1. The van der Waals surface area contributed by atoms with E-state index in [2.05, 4.69) is 29.4 Å². The molecule has 162 valence electrons. The summed E-state index contributed by atoms with van der Waals surface area (Å²) in [6, 6.07) is 16.9. The fraction of sp³-hybridized carbons (Fsp3) is 0.417. The van der Waals surface area contributed by atoms with Gasteiger partial charge >= 0.3 is 6.09 Å². The predicted molar refractivity (Wildman–Crippen MR) is 120 cm³/mol. The largest absolute Gasteiger partial charge is 0.444 e. The normalized spacial score (nSPS) is 12.3. The van der Waals surface area contributed by atoms with Gasteiger partial charge in [0.2, 0.25) is 5.91 Å². The summed E-state index contributed by atoms with van der Waals surface area (Å²) >= 11 is 0. The molecule has 2 aromatic carbocycles. The molecule has 0 saturated heterocycles. The van der Waals surface area contributed by atoms with Crippen molar-refractivity contribution in [1.29, 1.82) is 0 Å². The van der Waals surface area contributed by atoms with Gasteiger partial charge in [0.15, 0.2) is 0 Å². The molecular formula is C24H33N3O3. The Balaban J connectivity index is 2.09. The number of hydrogen-bond donors (Lipinski definition) is 2. The van der Waals surface area contributed by atoms with Crippen molar-refractivity contribution in [1.82, 2.24) is 10.2 Å². The Bertz CT molecular complexity index is 827. The minimum atomic E-state index is -0.545. The third-order valence-electron chi connectivity index (χ3n) is 4.57. The summed E-state index contributed by atoms with van der Waals surface area (Å²) in [6.07, 6.45) is -0.470. The second-order valence-corrected chi connectivity index (χ2v) is 8.08. The lowest BCUT2D eigenvalue weighted by Crippen LogP contribution is -2.37. The van der Waals surface area contributed by atoms with Gasteiger partial charge in [-0.05, 0) is 57.1 Å². The molecule has 1 unspecified atom stereocenters. The molecule has 6 heteroatoms. The number of nitrogens with zero attached hydrogens (tertiary/aromatic N) is 1. The summed E-state index contributed by atoms with van der Waals surface area (Å²) in [5, 5.41) is 5.77. The van der Waals surface area contributed by atoms with Crippen molar-refractivity contribution < 1.29 is 14.3 Å². The molecule has 2 aromatic rings. The molecule has 0 fully saturated rings. The lowest BCUT2D eigenvalue weighted by Gasteiger charge is -2.29. The maximum absolute atomic E-state index is 13.2. The highest BCUT2D eigenvalue weighted by Crippen LogP contribution is 2.23. The van der Waals surface area contributed by atoms with Crippen LogP contribution in [-0.2, 0) is 16.1 Å². The van der Waals surface area contributed by atoms with Gasteiger partial charge in [-0.25, -0.2) is 4.79 Å². The van der Waals surface area contributed by atoms with Crippen LogP contribution in [0.3, 0.4) is 0 Å². The Morgan fingerprint density at radius 1 is 1.00 bits per heavy atom. The van der Waals surface area contributed by atoms with Crippen LogP contribution in [0.1, 0.15) is 51.8 Å². The number of hydrogen-bond acceptors (Lipinski definition) is 4. The number of benzene rings is 2. The van der Waals surface area contributed by atoms with Crippen LogP contribution in [0.4, 0.5) is 10.5 Å². The first-order valence-corrected chi connectivity index (χ1v) is 10.4. The Labute approximate surface area is 179 Å². The minimum absolute atomic E-state index is 0.0813. The van der Waals surface area contributed by atoms with Crippen molar-refractivity contribution in [3.05, 3.63) is 65.7 Å². The van der Waals surface area contributed by atoms with Crippen LogP contribution in [0.25, 0.3) is 0 Å². The number of carbonyl (C=O) groups is 2. The maximum Gasteiger partial charge on any atom is 0.407 e. The number of carbonyl (C=O) groups excluding carboxylic acids is 2. The smallest absolute Gasteiger partial charge is 0.407 e. The zero-order valence-corrected chi connectivity index (χ0v) is 18.6. The third-order valence-corrected chi connectivity index (χ3v) is 4.57. The van der Waals surface area contributed by atoms with Gasteiger partial charge in [-0.2, -0.15) is 0 Å². The summed E-state index contributed by atoms with van der Waals surface area (Å²) < 4.78 is 5.26. The molecule has 30 heavy (non-hydrogen) atoms. The Hall–Kier alpha value is -2.86. The zero-order chi connectivity index (χ0) is 22.1. The number of ether oxygens (including phenoxy) is 1. The molecule has 2 N–H and O–H groups in total. The first kappa shape index (κ1) is 23.4. The van der Waals surface area contributed by atoms with Crippen LogP contribution in [0.5, 0.6) is 0 Å². The van der Waals surface area contributed by atoms with Crippen LogP contribution in [0.15, 0.2) is 54.6 Å². The van der Waals surface area contributed by atoms with Gasteiger partial charge in [0.1, 0.15) is 11.6 Å². The average molecular weight is 412 g/mol. The van der Waals surface area contributed by atoms with Gasteiger partial charge in [0, 0.05) is 12.2 Å². The number of likely N-dealkylation sites (N-methyl/N-ethyl adjacent to an activating group) is 1. The lowest BCUT2D eigenvalue weighted by atomic mass is 10.0. The summed E-state index contributed by atoms with van der Waals surface area (Å²) in [7, 11) is 0. The van der Waals surface area contributed by atoms with Gasteiger partial charge in [-0.3, -0.25) is 9.69 Å². The number of alkyl carbamates (subject to hydrolysis) is 1. The van der Waals surface area contributed by atoms with E-state index < -0.39 is 11.7 Å². The number of amides is 2. The van der Waals surface area contributed by atoms with E-state index in [1.165, 1.54) is 0 Å². The summed E-state index contributed by atoms with van der Waals surface area (Å²) in [6.45, 7) is 11.4. The second-order valence-electron chi connectivity index (χ2n) is 8.08. The molecule has 2 rings (SSSR count). The van der Waals surface area contributed by atoms with E-state index in [1.54, 1.807) is 0 Å². The van der Waals surface area contributed by atoms with Gasteiger partial charge in [-0.15, -0.1) is 0 Å². The molecule has 0 saturated carbocycles. The van der Waals surface area contributed by atoms with E-state index in [1.807, 2.05) is 75.4 Å². The van der Waals surface area contributed by atoms with Crippen LogP contribution in [0.2, 0.25) is 0 Å². The van der Waals surface area contributed by atoms with E-state index in [-0.39, 0.29) is 11.9 Å². The Kier molecular flexibility index (Phi) is 8.42. The number of rotatable bonds is 8. The van der Waals surface area contributed by atoms with Crippen LogP contribution < -0.4 is 10.6 Å². The van der Waals surface area contributed by atoms with Crippen LogP contribution >= 0.6 is 0 Å². The van der Waals surface area contributed by atoms with Crippen molar-refractivity contribution in [3.8, 4) is 0 Å². The predicted octanol–water partition coefficient (Wildman–Crippen LogP) is 4.73. The third kappa shape index (κ3) is 7.19. The van der Waals surface area contributed by atoms with E-state index in [4.69, 9.17) is 4.74 Å². The van der Waals surface area contributed by atoms with Gasteiger partial charge in [0.05, 0.1) is 0 Å². The molecule has 0 aliphatic heterocycles. The topological polar surface area (TPSA) is 70.7 Å². The van der Waals surface area contributed by atoms with Crippen LogP contribution in [-0.4, -0.2) is 35.6 Å². The van der Waals surface area contributed by atoms with Crippen LogP contribution in [0, 0.1) is 0 Å². The lowest BCUT2D eigenvalue weighted by molar-refractivity contribution is -0.121. The van der Waals surface area contributed by atoms with Crippen molar-refractivity contribution in [2.45, 2.75) is 52.8 Å². The molecule has 0 heterocycles. The average Bonchev–Trinajstić information content (AvgIpc) is 2.70. The summed E-state index contributed by atoms with van der Waals surface area (Å²) in [5.41, 5.74) is 1.98. The second kappa shape index (κ2) is 10.8. The number of nitrogens with one attached hydrogen (secondary N) is 2. The standard InChI is InChI=1S/C24H33N3O3/c1-6-27(7-2)21(19-13-9-8-10-14-19)22(28)26-20-15-11-12-18(16-20)17-25-23(29)30-24(3,4)5/h8-16,21H,6-7,17H2,1-5H3,(H,25,29)(H,26,28). The van der Waals surface area contributed by atoms with Gasteiger partial charge < -0.3 is 15.4 Å². The molecular weight excluding hydrogens is 378 g/mol. The van der Waals surface area contributed by atoms with E-state index in [0.29, 0.717) is 12.2 Å². The Morgan fingerprint density at radius 3 is 2.27 bits per heavy atom. The minimum Gasteiger partial charge on any atom is -0.444 e. The van der Waals surface area contributed by atoms with Crippen molar-refractivity contribution in [2.24, 2.45) is 0 Å². The highest BCUT2D eigenvalue weighted by Gasteiger charge is 2.25. The SMILES string of the molecule is CCN(CC)C(C(=O)Nc1cccc(CNC(=O)OC(C)(C)C)c1)c1ccccc1. The molecule has 0 aliphatic rings. The molecule has 2 amide bonds. The first-order chi connectivity index (χ1) is 14.2. The summed E-state index contributed by atoms with van der Waals surface area (Å²) in [4.78, 5) is 27.2. The fourth-order valence-electron chi connectivity index (χ4n) is 3.21. The van der Waals surface area contributed by atoms with Gasteiger partial charge in [-0.1, -0.05) is 56.3 Å². The van der Waals surface area contributed by atoms with Crippen molar-refractivity contribution >= 4 is 17.7 Å². The molecule has 6 nitrogen and oxygen atoms in total. The molecule has 0 bridgehead atoms. The highest BCUT2D eigenvalue weighted by molar-refractivity contribution is 5.95. The summed E-state index contributed by atoms with van der Waals surface area (Å²) in [5.74, 6) is -0.0813. The molecule has 0 aliphatic carbocycles. The van der Waals surface area contributed by atoms with E-state index in [9.17, 15) is 9.59 Å². The van der Waals surface area contributed by atoms with E-state index >= 15 is 0 Å². The Morgan fingerprint density at radius 2 is 1.67 bits per heavy atom. The quantitative estimate of drug-likeness (QED) is 0.659. The highest BCUT2D eigenvalue weighted by atomic mass is 16.6.